The van der Waals surface area contributed by atoms with Crippen LogP contribution in [0.15, 0.2) is 6.33 Å². The molecule has 0 bridgehead atoms. The Labute approximate surface area is 114 Å². The largest absolute Gasteiger partial charge is 0.477 e. The lowest BCUT2D eigenvalue weighted by Crippen LogP contribution is -2.25. The van der Waals surface area contributed by atoms with Crippen molar-refractivity contribution in [2.75, 3.05) is 0 Å². The number of aromatic amines is 1. The quantitative estimate of drug-likeness (QED) is 0.748. The predicted molar refractivity (Wildman–Crippen MR) is 69.4 cm³/mol. The molecule has 0 aliphatic carbocycles. The van der Waals surface area contributed by atoms with Gasteiger partial charge < -0.3 is 15.4 Å². The Kier molecular flexibility index (Phi) is 3.55. The summed E-state index contributed by atoms with van der Waals surface area (Å²) in [5.41, 5.74) is 2.33. The van der Waals surface area contributed by atoms with E-state index in [9.17, 15) is 9.59 Å². The molecule has 8 nitrogen and oxygen atoms in total. The second kappa shape index (κ2) is 5.16. The van der Waals surface area contributed by atoms with Crippen LogP contribution >= 0.6 is 0 Å². The number of amides is 1. The van der Waals surface area contributed by atoms with E-state index < -0.39 is 11.9 Å². The number of nitrogens with zero attached hydrogens (tertiary/aromatic N) is 3. The van der Waals surface area contributed by atoms with Crippen molar-refractivity contribution < 1.29 is 14.7 Å². The normalized spacial score (nSPS) is 10.6. The van der Waals surface area contributed by atoms with Crippen molar-refractivity contribution in [3.63, 3.8) is 0 Å². The Bertz CT molecular complexity index is 671. The second-order valence-electron chi connectivity index (χ2n) is 4.39. The van der Waals surface area contributed by atoms with Crippen LogP contribution in [0.25, 0.3) is 0 Å². The molecule has 3 N–H and O–H groups in total. The zero-order valence-electron chi connectivity index (χ0n) is 11.4. The van der Waals surface area contributed by atoms with Crippen LogP contribution in [0.1, 0.15) is 37.9 Å². The fraction of sp³-hybridized carbons (Fsp3) is 0.333. The van der Waals surface area contributed by atoms with Gasteiger partial charge in [0.25, 0.3) is 5.91 Å². The first kappa shape index (κ1) is 13.8. The van der Waals surface area contributed by atoms with Crippen molar-refractivity contribution >= 4 is 11.9 Å². The van der Waals surface area contributed by atoms with Gasteiger partial charge in [-0.2, -0.15) is 5.10 Å². The molecule has 0 aliphatic heterocycles. The zero-order chi connectivity index (χ0) is 14.9. The summed E-state index contributed by atoms with van der Waals surface area (Å²) in [7, 11) is 1.82. The number of hydrogen-bond acceptors (Lipinski definition) is 4. The lowest BCUT2D eigenvalue weighted by Gasteiger charge is -2.05. The molecule has 2 heterocycles. The van der Waals surface area contributed by atoms with E-state index in [0.717, 1.165) is 17.0 Å². The summed E-state index contributed by atoms with van der Waals surface area (Å²) >= 11 is 0. The number of carbonyl (C=O) groups is 2. The number of nitrogens with one attached hydrogen (secondary N) is 2. The minimum Gasteiger partial charge on any atom is -0.477 e. The van der Waals surface area contributed by atoms with Crippen molar-refractivity contribution in [1.82, 2.24) is 25.1 Å². The predicted octanol–water partition coefficient (Wildman–Crippen LogP) is 0.388. The van der Waals surface area contributed by atoms with Crippen LogP contribution in [0.4, 0.5) is 0 Å². The van der Waals surface area contributed by atoms with Gasteiger partial charge in [-0.05, 0) is 13.8 Å². The maximum Gasteiger partial charge on any atom is 0.354 e. The highest BCUT2D eigenvalue weighted by molar-refractivity contribution is 6.02. The second-order valence-corrected chi connectivity index (χ2v) is 4.39. The molecule has 0 unspecified atom stereocenters. The molecule has 20 heavy (non-hydrogen) atoms. The third kappa shape index (κ3) is 2.40. The Morgan fingerprint density at radius 1 is 1.45 bits per heavy atom. The maximum atomic E-state index is 11.9. The van der Waals surface area contributed by atoms with E-state index in [2.05, 4.69) is 20.4 Å². The number of hydrogen-bond donors (Lipinski definition) is 3. The number of aromatic carboxylic acids is 1. The summed E-state index contributed by atoms with van der Waals surface area (Å²) in [6, 6.07) is 0. The summed E-state index contributed by atoms with van der Waals surface area (Å²) in [6.45, 7) is 4.03. The fourth-order valence-electron chi connectivity index (χ4n) is 1.96. The first-order chi connectivity index (χ1) is 9.41. The van der Waals surface area contributed by atoms with Gasteiger partial charge in [0, 0.05) is 24.8 Å². The summed E-state index contributed by atoms with van der Waals surface area (Å²) in [5, 5.41) is 15.8. The number of rotatable bonds is 4. The van der Waals surface area contributed by atoms with Gasteiger partial charge in [-0.25, -0.2) is 9.78 Å². The van der Waals surface area contributed by atoms with Gasteiger partial charge in [-0.3, -0.25) is 9.48 Å². The first-order valence-corrected chi connectivity index (χ1v) is 5.95. The van der Waals surface area contributed by atoms with Gasteiger partial charge in [-0.15, -0.1) is 0 Å². The summed E-state index contributed by atoms with van der Waals surface area (Å²) in [6.07, 6.45) is 1.18. The minimum absolute atomic E-state index is 0.128. The van der Waals surface area contributed by atoms with E-state index in [1.165, 1.54) is 6.33 Å². The summed E-state index contributed by atoms with van der Waals surface area (Å²) in [4.78, 5) is 29.0. The first-order valence-electron chi connectivity index (χ1n) is 5.95. The van der Waals surface area contributed by atoms with E-state index in [1.807, 2.05) is 20.9 Å². The molecular formula is C12H15N5O3. The van der Waals surface area contributed by atoms with Crippen molar-refractivity contribution in [2.45, 2.75) is 20.4 Å². The Hall–Kier alpha value is -2.64. The molecule has 1 amide bonds. The highest BCUT2D eigenvalue weighted by atomic mass is 16.4. The van der Waals surface area contributed by atoms with E-state index in [4.69, 9.17) is 5.11 Å². The average molecular weight is 277 g/mol. The molecule has 0 saturated carbocycles. The molecule has 2 aromatic rings. The lowest BCUT2D eigenvalue weighted by atomic mass is 10.2. The van der Waals surface area contributed by atoms with Crippen LogP contribution in [0.3, 0.4) is 0 Å². The van der Waals surface area contributed by atoms with Crippen LogP contribution in [0, 0.1) is 13.8 Å². The number of H-pyrrole nitrogens is 1. The molecule has 106 valence electrons. The molecule has 2 aromatic heterocycles. The highest BCUT2D eigenvalue weighted by Gasteiger charge is 2.20. The van der Waals surface area contributed by atoms with Crippen LogP contribution in [0.2, 0.25) is 0 Å². The van der Waals surface area contributed by atoms with Gasteiger partial charge in [0.2, 0.25) is 0 Å². The lowest BCUT2D eigenvalue weighted by molar-refractivity contribution is 0.0685. The van der Waals surface area contributed by atoms with E-state index in [-0.39, 0.29) is 17.9 Å². The topological polar surface area (TPSA) is 113 Å². The summed E-state index contributed by atoms with van der Waals surface area (Å²) < 4.78 is 1.73. The number of aromatic nitrogens is 4. The Morgan fingerprint density at radius 2 is 2.15 bits per heavy atom. The smallest absolute Gasteiger partial charge is 0.354 e. The maximum absolute atomic E-state index is 11.9. The number of imidazole rings is 1. The molecule has 2 rings (SSSR count). The molecule has 0 spiro atoms. The SMILES string of the molecule is Cc1nn(C)c(C)c1CNC(=O)c1nc[nH]c1C(=O)O. The van der Waals surface area contributed by atoms with Gasteiger partial charge in [-0.1, -0.05) is 0 Å². The fourth-order valence-corrected chi connectivity index (χ4v) is 1.96. The standard InChI is InChI=1S/C12H15N5O3/c1-6-8(7(2)17(3)16-6)4-13-11(18)9-10(12(19)20)15-5-14-9/h5H,4H2,1-3H3,(H,13,18)(H,14,15)(H,19,20). The van der Waals surface area contributed by atoms with Crippen LogP contribution in [-0.4, -0.2) is 36.7 Å². The number of carboxylic acids is 1. The van der Waals surface area contributed by atoms with E-state index >= 15 is 0 Å². The van der Waals surface area contributed by atoms with Crippen LogP contribution in [0.5, 0.6) is 0 Å². The Morgan fingerprint density at radius 3 is 2.70 bits per heavy atom. The minimum atomic E-state index is -1.22. The third-order valence-electron chi connectivity index (χ3n) is 3.15. The monoisotopic (exact) mass is 277 g/mol. The van der Waals surface area contributed by atoms with E-state index in [1.54, 1.807) is 4.68 Å². The van der Waals surface area contributed by atoms with E-state index in [0.29, 0.717) is 0 Å². The summed E-state index contributed by atoms with van der Waals surface area (Å²) in [5.74, 6) is -1.76. The molecule has 0 aromatic carbocycles. The van der Waals surface area contributed by atoms with Crippen molar-refractivity contribution in [1.29, 1.82) is 0 Å². The molecule has 0 radical (unpaired) electrons. The molecule has 0 aliphatic rings. The molecule has 0 saturated heterocycles. The molecule has 0 fully saturated rings. The number of carboxylic acid groups (broad SMARTS) is 1. The van der Waals surface area contributed by atoms with Gasteiger partial charge >= 0.3 is 5.97 Å². The third-order valence-corrected chi connectivity index (χ3v) is 3.15. The van der Waals surface area contributed by atoms with Gasteiger partial charge in [0.15, 0.2) is 11.4 Å². The van der Waals surface area contributed by atoms with Crippen molar-refractivity contribution in [3.8, 4) is 0 Å². The number of aryl methyl sites for hydroxylation is 2. The van der Waals surface area contributed by atoms with Crippen LogP contribution in [-0.2, 0) is 13.6 Å². The zero-order valence-corrected chi connectivity index (χ0v) is 11.4. The van der Waals surface area contributed by atoms with Crippen molar-refractivity contribution in [3.05, 3.63) is 34.7 Å². The molecule has 0 atom stereocenters. The molecule has 8 heteroatoms. The average Bonchev–Trinajstić information content (AvgIpc) is 2.95. The Balaban J connectivity index is 2.13. The van der Waals surface area contributed by atoms with Gasteiger partial charge in [0.05, 0.1) is 12.0 Å². The highest BCUT2D eigenvalue weighted by Crippen LogP contribution is 2.11. The van der Waals surface area contributed by atoms with Crippen molar-refractivity contribution in [2.24, 2.45) is 7.05 Å². The number of carbonyl (C=O) groups excluding carboxylic acids is 1. The molecular weight excluding hydrogens is 262 g/mol. The van der Waals surface area contributed by atoms with Gasteiger partial charge in [0.1, 0.15) is 0 Å². The van der Waals surface area contributed by atoms with Crippen LogP contribution < -0.4 is 5.32 Å².